The molecule has 1 N–H and O–H groups in total. The Morgan fingerprint density at radius 1 is 1.03 bits per heavy atom. The molecule has 1 amide bonds. The summed E-state index contributed by atoms with van der Waals surface area (Å²) in [6.45, 7) is 13.0. The smallest absolute Gasteiger partial charge is 0.241 e. The molecule has 8 nitrogen and oxygen atoms in total. The molecule has 1 aromatic rings. The summed E-state index contributed by atoms with van der Waals surface area (Å²) >= 11 is 0. The van der Waals surface area contributed by atoms with Gasteiger partial charge in [0.2, 0.25) is 15.9 Å². The number of nitrogens with one attached hydrogen (secondary N) is 1. The van der Waals surface area contributed by atoms with Gasteiger partial charge in [0.15, 0.2) is 11.5 Å². The van der Waals surface area contributed by atoms with Crippen LogP contribution in [0.3, 0.4) is 0 Å². The maximum absolute atomic E-state index is 13.2. The van der Waals surface area contributed by atoms with Gasteiger partial charge in [-0.1, -0.05) is 27.7 Å². The normalized spacial score (nSPS) is 18.6. The van der Waals surface area contributed by atoms with Gasteiger partial charge in [-0.05, 0) is 36.9 Å². The Kier molecular flexibility index (Phi) is 8.41. The van der Waals surface area contributed by atoms with Crippen LogP contribution in [0.1, 0.15) is 40.5 Å². The van der Waals surface area contributed by atoms with Crippen LogP contribution in [0.2, 0.25) is 0 Å². The molecule has 180 valence electrons. The Balaban J connectivity index is 1.67. The number of benzene rings is 1. The van der Waals surface area contributed by atoms with Gasteiger partial charge in [-0.2, -0.15) is 4.72 Å². The lowest BCUT2D eigenvalue weighted by Crippen LogP contribution is -2.56. The minimum atomic E-state index is -3.91. The lowest BCUT2D eigenvalue weighted by atomic mass is 10.0. The maximum Gasteiger partial charge on any atom is 0.241 e. The van der Waals surface area contributed by atoms with Crippen LogP contribution in [0, 0.1) is 11.8 Å². The molecule has 0 aliphatic carbocycles. The van der Waals surface area contributed by atoms with Crippen molar-refractivity contribution in [3.63, 3.8) is 0 Å². The van der Waals surface area contributed by atoms with Crippen LogP contribution in [0.5, 0.6) is 11.5 Å². The highest BCUT2D eigenvalue weighted by molar-refractivity contribution is 7.89. The van der Waals surface area contributed by atoms with E-state index in [1.165, 1.54) is 12.1 Å². The Morgan fingerprint density at radius 3 is 2.31 bits per heavy atom. The third-order valence-electron chi connectivity index (χ3n) is 5.95. The average molecular weight is 468 g/mol. The summed E-state index contributed by atoms with van der Waals surface area (Å²) in [5, 5.41) is 0. The van der Waals surface area contributed by atoms with Crippen LogP contribution in [-0.4, -0.2) is 76.1 Å². The number of fused-ring (bicyclic) bond motifs is 1. The van der Waals surface area contributed by atoms with E-state index in [1.807, 2.05) is 13.8 Å². The first-order valence-corrected chi connectivity index (χ1v) is 13.1. The molecule has 0 bridgehead atoms. The molecule has 0 saturated carbocycles. The van der Waals surface area contributed by atoms with Gasteiger partial charge < -0.3 is 14.4 Å². The van der Waals surface area contributed by atoms with Crippen LogP contribution in [0.4, 0.5) is 0 Å². The van der Waals surface area contributed by atoms with E-state index < -0.39 is 16.1 Å². The number of amides is 1. The minimum absolute atomic E-state index is 0.0682. The van der Waals surface area contributed by atoms with Gasteiger partial charge in [0.1, 0.15) is 6.04 Å². The zero-order chi connectivity index (χ0) is 23.3. The first-order valence-electron chi connectivity index (χ1n) is 11.6. The van der Waals surface area contributed by atoms with Crippen LogP contribution in [-0.2, 0) is 14.8 Å². The molecule has 0 spiro atoms. The minimum Gasteiger partial charge on any atom is -0.490 e. The van der Waals surface area contributed by atoms with Gasteiger partial charge in [-0.15, -0.1) is 0 Å². The Morgan fingerprint density at radius 2 is 1.69 bits per heavy atom. The van der Waals surface area contributed by atoms with Crippen molar-refractivity contribution in [2.24, 2.45) is 11.8 Å². The molecule has 0 radical (unpaired) electrons. The quantitative estimate of drug-likeness (QED) is 0.631. The van der Waals surface area contributed by atoms with Gasteiger partial charge in [0.05, 0.1) is 18.1 Å². The molecule has 1 aromatic carbocycles. The van der Waals surface area contributed by atoms with Crippen LogP contribution in [0.15, 0.2) is 23.1 Å². The summed E-state index contributed by atoms with van der Waals surface area (Å²) in [6, 6.07) is 3.75. The van der Waals surface area contributed by atoms with Crippen molar-refractivity contribution in [3.8, 4) is 11.5 Å². The summed E-state index contributed by atoms with van der Waals surface area (Å²) in [4.78, 5) is 17.5. The van der Waals surface area contributed by atoms with E-state index in [4.69, 9.17) is 9.47 Å². The summed E-state index contributed by atoms with van der Waals surface area (Å²) < 4.78 is 40.1. The van der Waals surface area contributed by atoms with Gasteiger partial charge in [0.25, 0.3) is 0 Å². The number of nitrogens with zero attached hydrogens (tertiary/aromatic N) is 2. The van der Waals surface area contributed by atoms with Crippen molar-refractivity contribution in [1.82, 2.24) is 14.5 Å². The van der Waals surface area contributed by atoms with Crippen molar-refractivity contribution in [3.05, 3.63) is 18.2 Å². The number of sulfonamides is 1. The van der Waals surface area contributed by atoms with E-state index >= 15 is 0 Å². The highest BCUT2D eigenvalue weighted by atomic mass is 32.2. The monoisotopic (exact) mass is 467 g/mol. The van der Waals surface area contributed by atoms with Gasteiger partial charge in [0, 0.05) is 38.7 Å². The third-order valence-corrected chi connectivity index (χ3v) is 7.39. The number of ether oxygens (including phenoxy) is 2. The number of hydrogen-bond donors (Lipinski definition) is 1. The second-order valence-electron chi connectivity index (χ2n) is 9.35. The van der Waals surface area contributed by atoms with Crippen molar-refractivity contribution in [2.45, 2.75) is 51.5 Å². The molecule has 2 aliphatic rings. The fourth-order valence-electron chi connectivity index (χ4n) is 3.85. The van der Waals surface area contributed by atoms with Crippen molar-refractivity contribution >= 4 is 15.9 Å². The van der Waals surface area contributed by atoms with E-state index in [0.717, 1.165) is 32.5 Å². The molecule has 1 fully saturated rings. The summed E-state index contributed by atoms with van der Waals surface area (Å²) in [5.41, 5.74) is 0. The van der Waals surface area contributed by atoms with Crippen LogP contribution in [0.25, 0.3) is 0 Å². The molecule has 1 atom stereocenters. The van der Waals surface area contributed by atoms with E-state index in [1.54, 1.807) is 11.0 Å². The van der Waals surface area contributed by atoms with Gasteiger partial charge in [-0.3, -0.25) is 9.69 Å². The standard InChI is InChI=1S/C23H37N3O5S/c1-17(2)8-9-25-10-12-26(13-11-25)23(27)22(18(3)4)24-32(28,29)19-6-7-20-21(16-19)31-15-5-14-30-20/h6-7,16-18,22,24H,5,8-15H2,1-4H3. The highest BCUT2D eigenvalue weighted by Crippen LogP contribution is 2.32. The highest BCUT2D eigenvalue weighted by Gasteiger charge is 2.33. The lowest BCUT2D eigenvalue weighted by Gasteiger charge is -2.37. The topological polar surface area (TPSA) is 88.2 Å². The largest absolute Gasteiger partial charge is 0.490 e. The molecular weight excluding hydrogens is 430 g/mol. The van der Waals surface area contributed by atoms with E-state index in [0.29, 0.717) is 43.7 Å². The SMILES string of the molecule is CC(C)CCN1CCN(C(=O)C(NS(=O)(=O)c2ccc3c(c2)OCCCO3)C(C)C)CC1. The average Bonchev–Trinajstić information content (AvgIpc) is 3.00. The van der Waals surface area contributed by atoms with Crippen LogP contribution >= 0.6 is 0 Å². The zero-order valence-electron chi connectivity index (χ0n) is 19.7. The first-order chi connectivity index (χ1) is 15.2. The first kappa shape index (κ1) is 24.8. The van der Waals surface area contributed by atoms with Crippen molar-refractivity contribution < 1.29 is 22.7 Å². The molecule has 0 aromatic heterocycles. The van der Waals surface area contributed by atoms with E-state index in [-0.39, 0.29) is 16.7 Å². The van der Waals surface area contributed by atoms with Crippen molar-refractivity contribution in [1.29, 1.82) is 0 Å². The third kappa shape index (κ3) is 6.36. The van der Waals surface area contributed by atoms with Gasteiger partial charge in [-0.25, -0.2) is 8.42 Å². The summed E-state index contributed by atoms with van der Waals surface area (Å²) in [6.07, 6.45) is 1.88. The van der Waals surface area contributed by atoms with Crippen molar-refractivity contribution in [2.75, 3.05) is 45.9 Å². The predicted octanol–water partition coefficient (Wildman–Crippen LogP) is 2.34. The van der Waals surface area contributed by atoms with Crippen LogP contribution < -0.4 is 14.2 Å². The molecule has 9 heteroatoms. The number of hydrogen-bond acceptors (Lipinski definition) is 6. The summed E-state index contributed by atoms with van der Waals surface area (Å²) in [7, 11) is -3.91. The second kappa shape index (κ2) is 10.9. The number of carbonyl (C=O) groups is 1. The fourth-order valence-corrected chi connectivity index (χ4v) is 5.20. The summed E-state index contributed by atoms with van der Waals surface area (Å²) in [5.74, 6) is 1.25. The number of piperazine rings is 1. The fraction of sp³-hybridized carbons (Fsp3) is 0.696. The van der Waals surface area contributed by atoms with E-state index in [2.05, 4.69) is 23.5 Å². The Hall–Kier alpha value is -1.84. The molecule has 2 heterocycles. The molecule has 2 aliphatic heterocycles. The number of rotatable bonds is 8. The molecule has 32 heavy (non-hydrogen) atoms. The Labute approximate surface area is 192 Å². The maximum atomic E-state index is 13.2. The molecule has 1 saturated heterocycles. The van der Waals surface area contributed by atoms with Gasteiger partial charge >= 0.3 is 0 Å². The van der Waals surface area contributed by atoms with E-state index in [9.17, 15) is 13.2 Å². The zero-order valence-corrected chi connectivity index (χ0v) is 20.5. The predicted molar refractivity (Wildman–Crippen MR) is 123 cm³/mol. The molecular formula is C23H37N3O5S. The Bertz CT molecular complexity index is 880. The lowest BCUT2D eigenvalue weighted by molar-refractivity contribution is -0.135. The molecule has 1 unspecified atom stereocenters. The number of carbonyl (C=O) groups excluding carboxylic acids is 1. The molecule has 3 rings (SSSR count). The second-order valence-corrected chi connectivity index (χ2v) is 11.1.